The third-order valence-corrected chi connectivity index (χ3v) is 2.48. The van der Waals surface area contributed by atoms with Crippen molar-refractivity contribution in [2.45, 2.75) is 6.92 Å². The van der Waals surface area contributed by atoms with Crippen molar-refractivity contribution in [1.29, 1.82) is 5.26 Å². The molecule has 0 unspecified atom stereocenters. The Hall–Kier alpha value is -0.850. The molecule has 0 saturated carbocycles. The third-order valence-electron chi connectivity index (χ3n) is 1.79. The Balaban J connectivity index is 3.12. The fourth-order valence-electron chi connectivity index (χ4n) is 1.01. The van der Waals surface area contributed by atoms with Crippen molar-refractivity contribution >= 4 is 15.9 Å². The molecule has 0 fully saturated rings. The predicted octanol–water partition coefficient (Wildman–Crippen LogP) is 2.26. The summed E-state index contributed by atoms with van der Waals surface area (Å²) in [6.45, 7) is 1.84. The lowest BCUT2D eigenvalue weighted by Crippen LogP contribution is -2.01. The minimum atomic E-state index is 0.00742. The lowest BCUT2D eigenvalue weighted by atomic mass is 10.0. The molecule has 0 aliphatic heterocycles. The molecule has 67 valence electrons. The average molecular weight is 239 g/mol. The largest absolute Gasteiger partial charge is 0.395 e. The van der Waals surface area contributed by atoms with Gasteiger partial charge in [0.1, 0.15) is 0 Å². The number of hydrogen-bond acceptors (Lipinski definition) is 2. The van der Waals surface area contributed by atoms with Gasteiger partial charge in [-0.2, -0.15) is 5.26 Å². The minimum Gasteiger partial charge on any atom is -0.395 e. The van der Waals surface area contributed by atoms with Gasteiger partial charge >= 0.3 is 0 Å². The van der Waals surface area contributed by atoms with E-state index in [-0.39, 0.29) is 6.61 Å². The molecule has 0 heterocycles. The fourth-order valence-corrected chi connectivity index (χ4v) is 1.59. The highest BCUT2D eigenvalue weighted by molar-refractivity contribution is 9.10. The summed E-state index contributed by atoms with van der Waals surface area (Å²) >= 11 is 3.36. The van der Waals surface area contributed by atoms with Crippen molar-refractivity contribution in [3.8, 4) is 6.07 Å². The van der Waals surface area contributed by atoms with Crippen LogP contribution in [-0.2, 0) is 0 Å². The molecule has 1 aromatic rings. The second-order valence-electron chi connectivity index (χ2n) is 2.74. The summed E-state index contributed by atoms with van der Waals surface area (Å²) in [6, 6.07) is 7.36. The summed E-state index contributed by atoms with van der Waals surface area (Å²) in [6.07, 6.45) is 0. The Labute approximate surface area is 85.9 Å². The van der Waals surface area contributed by atoms with Gasteiger partial charge in [0.2, 0.25) is 0 Å². The molecule has 0 aliphatic rings. The normalized spacial score (nSPS) is 10.1. The first-order valence-corrected chi connectivity index (χ1v) is 4.61. The van der Waals surface area contributed by atoms with E-state index < -0.39 is 0 Å². The standard InChI is InChI=1S/C10H9BrNO/c1-7(6-13)9-4-8(5-12)2-3-10(9)11/h2-4,13H,6H2,1H3. The van der Waals surface area contributed by atoms with Crippen LogP contribution < -0.4 is 0 Å². The Bertz CT molecular complexity index is 343. The highest BCUT2D eigenvalue weighted by Gasteiger charge is 2.09. The van der Waals surface area contributed by atoms with Crippen LogP contribution in [0.25, 0.3) is 0 Å². The molecule has 1 N–H and O–H groups in total. The topological polar surface area (TPSA) is 44.0 Å². The number of halogens is 1. The number of nitrogens with zero attached hydrogens (tertiary/aromatic N) is 1. The highest BCUT2D eigenvalue weighted by atomic mass is 79.9. The molecule has 2 nitrogen and oxygen atoms in total. The lowest BCUT2D eigenvalue weighted by molar-refractivity contribution is 0.315. The van der Waals surface area contributed by atoms with Crippen molar-refractivity contribution in [2.75, 3.05) is 6.61 Å². The van der Waals surface area contributed by atoms with Crippen LogP contribution in [0.1, 0.15) is 18.1 Å². The van der Waals surface area contributed by atoms with Gasteiger partial charge < -0.3 is 5.11 Å². The van der Waals surface area contributed by atoms with E-state index in [1.54, 1.807) is 12.1 Å². The molecule has 1 radical (unpaired) electrons. The smallest absolute Gasteiger partial charge is 0.0991 e. The molecular formula is C10H9BrNO. The van der Waals surface area contributed by atoms with Crippen LogP contribution in [0.2, 0.25) is 0 Å². The number of aliphatic hydroxyl groups is 1. The first-order valence-electron chi connectivity index (χ1n) is 3.82. The summed E-state index contributed by atoms with van der Waals surface area (Å²) in [5, 5.41) is 17.6. The monoisotopic (exact) mass is 238 g/mol. The van der Waals surface area contributed by atoms with Crippen LogP contribution in [0.3, 0.4) is 0 Å². The molecule has 0 bridgehead atoms. The number of benzene rings is 1. The number of hydrogen-bond donors (Lipinski definition) is 1. The van der Waals surface area contributed by atoms with Crippen molar-refractivity contribution < 1.29 is 5.11 Å². The van der Waals surface area contributed by atoms with Crippen LogP contribution in [0.5, 0.6) is 0 Å². The summed E-state index contributed by atoms with van der Waals surface area (Å²) in [5.74, 6) is 0.851. The van der Waals surface area contributed by atoms with Crippen LogP contribution in [0.4, 0.5) is 0 Å². The van der Waals surface area contributed by atoms with Crippen molar-refractivity contribution in [3.05, 3.63) is 39.7 Å². The van der Waals surface area contributed by atoms with Gasteiger partial charge in [-0.3, -0.25) is 0 Å². The first kappa shape index (κ1) is 10.2. The molecule has 0 aromatic heterocycles. The number of rotatable bonds is 2. The molecule has 1 aromatic carbocycles. The van der Waals surface area contributed by atoms with E-state index in [4.69, 9.17) is 10.4 Å². The molecule has 0 aliphatic carbocycles. The van der Waals surface area contributed by atoms with E-state index in [0.717, 1.165) is 16.0 Å². The van der Waals surface area contributed by atoms with Crippen LogP contribution in [0.15, 0.2) is 22.7 Å². The van der Waals surface area contributed by atoms with Gasteiger partial charge in [0.15, 0.2) is 0 Å². The van der Waals surface area contributed by atoms with Crippen molar-refractivity contribution in [1.82, 2.24) is 0 Å². The van der Waals surface area contributed by atoms with Gasteiger partial charge in [-0.25, -0.2) is 0 Å². The maximum Gasteiger partial charge on any atom is 0.0991 e. The first-order chi connectivity index (χ1) is 6.19. The summed E-state index contributed by atoms with van der Waals surface area (Å²) < 4.78 is 0.901. The minimum absolute atomic E-state index is 0.00742. The molecule has 0 spiro atoms. The Morgan fingerprint density at radius 1 is 1.62 bits per heavy atom. The zero-order valence-electron chi connectivity index (χ0n) is 7.21. The number of nitriles is 1. The molecule has 1 rings (SSSR count). The van der Waals surface area contributed by atoms with Gasteiger partial charge in [-0.05, 0) is 23.8 Å². The van der Waals surface area contributed by atoms with E-state index in [9.17, 15) is 0 Å². The quantitative estimate of drug-likeness (QED) is 0.860. The number of aliphatic hydroxyl groups excluding tert-OH is 1. The molecule has 0 atom stereocenters. The second-order valence-corrected chi connectivity index (χ2v) is 3.60. The zero-order valence-corrected chi connectivity index (χ0v) is 8.80. The summed E-state index contributed by atoms with van der Waals surface area (Å²) in [7, 11) is 0. The third kappa shape index (κ3) is 2.30. The maximum atomic E-state index is 8.94. The van der Waals surface area contributed by atoms with Crippen LogP contribution >= 0.6 is 15.9 Å². The van der Waals surface area contributed by atoms with Crippen LogP contribution in [-0.4, -0.2) is 11.7 Å². The summed E-state index contributed by atoms with van der Waals surface area (Å²) in [5.41, 5.74) is 1.49. The summed E-state index contributed by atoms with van der Waals surface area (Å²) in [4.78, 5) is 0. The average Bonchev–Trinajstić information content (AvgIpc) is 2.17. The lowest BCUT2D eigenvalue weighted by Gasteiger charge is -2.09. The van der Waals surface area contributed by atoms with Crippen molar-refractivity contribution in [3.63, 3.8) is 0 Å². The van der Waals surface area contributed by atoms with Gasteiger partial charge in [0, 0.05) is 10.4 Å². The van der Waals surface area contributed by atoms with E-state index in [0.29, 0.717) is 5.56 Å². The van der Waals surface area contributed by atoms with Crippen LogP contribution in [0, 0.1) is 17.2 Å². The van der Waals surface area contributed by atoms with Gasteiger partial charge in [0.25, 0.3) is 0 Å². The fraction of sp³-hybridized carbons (Fsp3) is 0.200. The maximum absolute atomic E-state index is 8.94. The van der Waals surface area contributed by atoms with Gasteiger partial charge in [-0.1, -0.05) is 22.9 Å². The Morgan fingerprint density at radius 2 is 2.31 bits per heavy atom. The van der Waals surface area contributed by atoms with Crippen molar-refractivity contribution in [2.24, 2.45) is 0 Å². The van der Waals surface area contributed by atoms with E-state index in [1.807, 2.05) is 13.0 Å². The van der Waals surface area contributed by atoms with Gasteiger partial charge in [-0.15, -0.1) is 0 Å². The van der Waals surface area contributed by atoms with E-state index in [2.05, 4.69) is 22.0 Å². The van der Waals surface area contributed by atoms with E-state index in [1.165, 1.54) is 0 Å². The Kier molecular flexibility index (Phi) is 3.47. The highest BCUT2D eigenvalue weighted by Crippen LogP contribution is 2.24. The molecule has 13 heavy (non-hydrogen) atoms. The SMILES string of the molecule is C[C](CO)c1cc(C#N)ccc1Br. The molecule has 0 amide bonds. The Morgan fingerprint density at radius 3 is 2.85 bits per heavy atom. The predicted molar refractivity (Wildman–Crippen MR) is 54.0 cm³/mol. The zero-order chi connectivity index (χ0) is 9.84. The molecule has 3 heteroatoms. The van der Waals surface area contributed by atoms with E-state index >= 15 is 0 Å². The second kappa shape index (κ2) is 4.40. The molecular weight excluding hydrogens is 230 g/mol. The van der Waals surface area contributed by atoms with Gasteiger partial charge in [0.05, 0.1) is 18.2 Å². The molecule has 0 saturated heterocycles.